The second-order valence-electron chi connectivity index (χ2n) is 10.9. The Labute approximate surface area is 205 Å². The summed E-state index contributed by atoms with van der Waals surface area (Å²) in [4.78, 5) is 0. The molecule has 0 aromatic carbocycles. The first-order valence-corrected chi connectivity index (χ1v) is 23.9. The Morgan fingerprint density at radius 2 is 0.844 bits per heavy atom. The molecule has 0 aliphatic rings. The minimum atomic E-state index is -2.55. The maximum atomic E-state index is 6.76. The molecule has 0 N–H and O–H groups in total. The van der Waals surface area contributed by atoms with Crippen LogP contribution in [-0.2, 0) is 21.5 Å². The van der Waals surface area contributed by atoms with Gasteiger partial charge in [0.2, 0.25) is 0 Å². The molecule has 0 radical (unpaired) electrons. The van der Waals surface area contributed by atoms with Crippen molar-refractivity contribution in [2.45, 2.75) is 129 Å². The van der Waals surface area contributed by atoms with Crippen molar-refractivity contribution in [2.24, 2.45) is 0 Å². The molecular formula is C23H56O5Si4. The van der Waals surface area contributed by atoms with E-state index in [1.165, 1.54) is 70.3 Å². The highest BCUT2D eigenvalue weighted by atomic mass is 28.5. The van der Waals surface area contributed by atoms with E-state index in [0.717, 1.165) is 12.1 Å². The summed E-state index contributed by atoms with van der Waals surface area (Å²) in [6, 6.07) is 2.98. The maximum Gasteiger partial charge on any atom is 0.499 e. The molecule has 194 valence electrons. The van der Waals surface area contributed by atoms with Crippen molar-refractivity contribution in [2.75, 3.05) is 21.3 Å². The summed E-state index contributed by atoms with van der Waals surface area (Å²) < 4.78 is 30.3. The first-order valence-electron chi connectivity index (χ1n) is 12.9. The monoisotopic (exact) mass is 524 g/mol. The van der Waals surface area contributed by atoms with Crippen LogP contribution >= 0.6 is 0 Å². The van der Waals surface area contributed by atoms with Crippen LogP contribution in [0.1, 0.15) is 71.1 Å². The second-order valence-corrected chi connectivity index (χ2v) is 26.4. The van der Waals surface area contributed by atoms with Crippen LogP contribution in [0.4, 0.5) is 0 Å². The van der Waals surface area contributed by atoms with E-state index in [9.17, 15) is 0 Å². The van der Waals surface area contributed by atoms with Gasteiger partial charge < -0.3 is 21.5 Å². The van der Waals surface area contributed by atoms with Gasteiger partial charge in [-0.1, -0.05) is 71.1 Å². The highest BCUT2D eigenvalue weighted by Crippen LogP contribution is 2.29. The quantitative estimate of drug-likeness (QED) is 0.113. The molecule has 0 aliphatic heterocycles. The van der Waals surface area contributed by atoms with E-state index < -0.39 is 34.0 Å². The van der Waals surface area contributed by atoms with E-state index in [1.54, 1.807) is 21.3 Å². The Hall–Kier alpha value is 0.668. The fraction of sp³-hybridized carbons (Fsp3) is 1.00. The van der Waals surface area contributed by atoms with E-state index in [2.05, 4.69) is 46.2 Å². The fourth-order valence-electron chi connectivity index (χ4n) is 4.50. The maximum absolute atomic E-state index is 6.76. The van der Waals surface area contributed by atoms with Crippen LogP contribution in [0, 0.1) is 0 Å². The summed E-state index contributed by atoms with van der Waals surface area (Å²) in [5.74, 6) is 0. The normalized spacial score (nSPS) is 13.7. The first-order chi connectivity index (χ1) is 14.9. The molecule has 0 aromatic rings. The number of hydrogen-bond acceptors (Lipinski definition) is 5. The summed E-state index contributed by atoms with van der Waals surface area (Å²) >= 11 is 0. The lowest BCUT2D eigenvalue weighted by Crippen LogP contribution is -2.53. The topological polar surface area (TPSA) is 46.2 Å². The zero-order valence-electron chi connectivity index (χ0n) is 23.2. The van der Waals surface area contributed by atoms with Gasteiger partial charge in [-0.05, 0) is 51.4 Å². The van der Waals surface area contributed by atoms with Crippen LogP contribution < -0.4 is 0 Å². The molecule has 0 bridgehead atoms. The molecule has 0 fully saturated rings. The molecule has 0 amide bonds. The third kappa shape index (κ3) is 15.5. The van der Waals surface area contributed by atoms with Gasteiger partial charge in [-0.3, -0.25) is 0 Å². The van der Waals surface area contributed by atoms with Crippen LogP contribution in [0.15, 0.2) is 0 Å². The average Bonchev–Trinajstić information content (AvgIpc) is 2.69. The van der Waals surface area contributed by atoms with Crippen molar-refractivity contribution in [1.82, 2.24) is 0 Å². The fourth-order valence-corrected chi connectivity index (χ4v) is 22.4. The Morgan fingerprint density at radius 1 is 0.469 bits per heavy atom. The molecule has 0 saturated carbocycles. The lowest BCUT2D eigenvalue weighted by atomic mass is 10.1. The van der Waals surface area contributed by atoms with Crippen molar-refractivity contribution >= 4 is 34.0 Å². The lowest BCUT2D eigenvalue weighted by Gasteiger charge is -2.39. The molecule has 5 nitrogen and oxygen atoms in total. The predicted molar refractivity (Wildman–Crippen MR) is 148 cm³/mol. The molecular weight excluding hydrogens is 469 g/mol. The lowest BCUT2D eigenvalue weighted by molar-refractivity contribution is 0.125. The van der Waals surface area contributed by atoms with Gasteiger partial charge in [-0.15, -0.1) is 0 Å². The van der Waals surface area contributed by atoms with Gasteiger partial charge in [-0.2, -0.15) is 0 Å². The molecule has 0 unspecified atom stereocenters. The van der Waals surface area contributed by atoms with Gasteiger partial charge in [-0.25, -0.2) is 0 Å². The summed E-state index contributed by atoms with van der Waals surface area (Å²) in [7, 11) is -3.32. The molecule has 0 aliphatic carbocycles. The van der Waals surface area contributed by atoms with Crippen molar-refractivity contribution in [3.8, 4) is 0 Å². The van der Waals surface area contributed by atoms with Gasteiger partial charge >= 0.3 is 17.4 Å². The van der Waals surface area contributed by atoms with Crippen LogP contribution in [0.2, 0.25) is 57.4 Å². The highest BCUT2D eigenvalue weighted by Gasteiger charge is 2.43. The molecule has 0 heterocycles. The zero-order chi connectivity index (χ0) is 24.7. The summed E-state index contributed by atoms with van der Waals surface area (Å²) in [5.41, 5.74) is 0. The van der Waals surface area contributed by atoms with E-state index in [4.69, 9.17) is 21.5 Å². The largest absolute Gasteiger partial charge is 0.499 e. The van der Waals surface area contributed by atoms with Crippen LogP contribution in [-0.4, -0.2) is 55.3 Å². The Balaban J connectivity index is 4.32. The van der Waals surface area contributed by atoms with E-state index in [1.807, 2.05) is 0 Å². The minimum absolute atomic E-state index is 0.791. The third-order valence-corrected chi connectivity index (χ3v) is 20.7. The van der Waals surface area contributed by atoms with E-state index in [0.29, 0.717) is 0 Å². The smallest absolute Gasteiger partial charge is 0.437 e. The molecule has 0 atom stereocenters. The van der Waals surface area contributed by atoms with Gasteiger partial charge in [0.1, 0.15) is 0 Å². The molecule has 32 heavy (non-hydrogen) atoms. The molecule has 0 rings (SSSR count). The third-order valence-electron chi connectivity index (χ3n) is 6.14. The molecule has 0 saturated heterocycles. The number of hydrogen-bond donors (Lipinski definition) is 0. The van der Waals surface area contributed by atoms with Crippen molar-refractivity contribution in [3.05, 3.63) is 0 Å². The van der Waals surface area contributed by atoms with Gasteiger partial charge in [0.15, 0.2) is 16.6 Å². The van der Waals surface area contributed by atoms with Crippen molar-refractivity contribution in [3.63, 3.8) is 0 Å². The second kappa shape index (κ2) is 16.4. The van der Waals surface area contributed by atoms with Crippen LogP contribution in [0.3, 0.4) is 0 Å². The van der Waals surface area contributed by atoms with Crippen molar-refractivity contribution < 1.29 is 21.5 Å². The van der Waals surface area contributed by atoms with Crippen LogP contribution in [0.5, 0.6) is 0 Å². The standard InChI is InChI=1S/C23H56O5Si4/c1-11-12-13-14-15-16-17-18-19-20-21-29(5,6)27-31(9,10)28-30(7,8)22-23-32(24-2,25-3)26-4/h11-23H2,1-10H3. The predicted octanol–water partition coefficient (Wildman–Crippen LogP) is 7.93. The van der Waals surface area contributed by atoms with E-state index in [-0.39, 0.29) is 0 Å². The zero-order valence-corrected chi connectivity index (χ0v) is 27.2. The number of rotatable bonds is 21. The highest BCUT2D eigenvalue weighted by molar-refractivity contribution is 6.88. The molecule has 0 spiro atoms. The average molecular weight is 525 g/mol. The molecule has 9 heteroatoms. The Morgan fingerprint density at radius 3 is 1.25 bits per heavy atom. The SMILES string of the molecule is CCCCCCCCCCCC[Si](C)(C)O[Si](C)(C)O[Si](C)(C)CC[Si](OC)(OC)OC. The first kappa shape index (κ1) is 32.7. The summed E-state index contributed by atoms with van der Waals surface area (Å²) in [6.07, 6.45) is 13.8. The van der Waals surface area contributed by atoms with Crippen LogP contribution in [0.25, 0.3) is 0 Å². The number of unbranched alkanes of at least 4 members (excludes halogenated alkanes) is 9. The minimum Gasteiger partial charge on any atom is -0.437 e. The van der Waals surface area contributed by atoms with Crippen molar-refractivity contribution in [1.29, 1.82) is 0 Å². The van der Waals surface area contributed by atoms with Gasteiger partial charge in [0.25, 0.3) is 0 Å². The van der Waals surface area contributed by atoms with E-state index >= 15 is 0 Å². The van der Waals surface area contributed by atoms with Gasteiger partial charge in [0.05, 0.1) is 0 Å². The Kier molecular flexibility index (Phi) is 16.7. The summed E-state index contributed by atoms with van der Waals surface area (Å²) in [6.45, 7) is 16.0. The van der Waals surface area contributed by atoms with Gasteiger partial charge in [0, 0.05) is 27.4 Å². The Bertz CT molecular complexity index is 463. The summed E-state index contributed by atoms with van der Waals surface area (Å²) in [5, 5.41) is 0. The molecule has 0 aromatic heterocycles.